The lowest BCUT2D eigenvalue weighted by Gasteiger charge is -2.30. The SMILES string of the molecule is O=c1c2ccccc2c2cc3c(cc2n1-c1ccc2c(c1)-c1ccccc1-c1ccccc1-c1ccccc1-2)C1(c2ccccc2-c2ccccc21)c1ccccc1-3. The second-order valence-corrected chi connectivity index (χ2v) is 15.9. The van der Waals surface area contributed by atoms with Gasteiger partial charge in [-0.1, -0.05) is 170 Å². The molecule has 0 saturated carbocycles. The zero-order chi connectivity index (χ0) is 38.1. The van der Waals surface area contributed by atoms with Crippen molar-refractivity contribution >= 4 is 21.7 Å². The van der Waals surface area contributed by atoms with Crippen LogP contribution in [-0.2, 0) is 5.41 Å². The van der Waals surface area contributed by atoms with Gasteiger partial charge in [0.05, 0.1) is 10.9 Å². The van der Waals surface area contributed by atoms with E-state index < -0.39 is 5.41 Å². The molecule has 0 unspecified atom stereocenters. The van der Waals surface area contributed by atoms with Crippen molar-refractivity contribution in [3.63, 3.8) is 0 Å². The minimum atomic E-state index is -0.526. The first-order chi connectivity index (χ1) is 28.7. The summed E-state index contributed by atoms with van der Waals surface area (Å²) in [7, 11) is 0. The van der Waals surface area contributed by atoms with Crippen LogP contribution in [0.1, 0.15) is 22.3 Å². The molecule has 1 aromatic heterocycles. The van der Waals surface area contributed by atoms with Crippen molar-refractivity contribution in [2.45, 2.75) is 5.41 Å². The van der Waals surface area contributed by atoms with Crippen LogP contribution in [0.5, 0.6) is 0 Å². The fourth-order valence-corrected chi connectivity index (χ4v) is 10.9. The first-order valence-electron chi connectivity index (χ1n) is 20.1. The molecule has 9 aromatic carbocycles. The zero-order valence-corrected chi connectivity index (χ0v) is 31.4. The van der Waals surface area contributed by atoms with Gasteiger partial charge in [-0.25, -0.2) is 0 Å². The number of benzene rings is 9. The molecule has 0 fully saturated rings. The molecule has 3 aliphatic carbocycles. The highest BCUT2D eigenvalue weighted by Crippen LogP contribution is 2.63. The summed E-state index contributed by atoms with van der Waals surface area (Å²) in [5.74, 6) is 0. The van der Waals surface area contributed by atoms with Gasteiger partial charge in [0.2, 0.25) is 0 Å². The molecule has 0 bridgehead atoms. The standard InChI is InChI=1S/C56H33NO/c58-55-46-25-8-7-21-41(46)49-32-48-45-24-11-14-28-52(45)56(50-26-12-9-22-43(50)44-23-10-13-27-51(44)56)53(48)33-54(49)57(55)34-29-30-42-39-19-4-3-17-37(39)35-15-1-2-16-36(35)38-18-5-6-20-40(38)47(42)31-34/h1-33H. The van der Waals surface area contributed by atoms with E-state index in [4.69, 9.17) is 0 Å². The smallest absolute Gasteiger partial charge is 0.263 e. The van der Waals surface area contributed by atoms with E-state index in [9.17, 15) is 0 Å². The molecule has 0 N–H and O–H groups in total. The summed E-state index contributed by atoms with van der Waals surface area (Å²) in [5, 5.41) is 2.74. The van der Waals surface area contributed by atoms with Gasteiger partial charge in [0, 0.05) is 16.5 Å². The monoisotopic (exact) mass is 735 g/mol. The molecule has 2 heteroatoms. The summed E-state index contributed by atoms with van der Waals surface area (Å²) in [4.78, 5) is 15.2. The fraction of sp³-hybridized carbons (Fsp3) is 0.0179. The average Bonchev–Trinajstić information content (AvgIpc) is 3.75. The lowest BCUT2D eigenvalue weighted by Crippen LogP contribution is -2.26. The van der Waals surface area contributed by atoms with Gasteiger partial charge in [0.25, 0.3) is 5.56 Å². The number of fused-ring (bicyclic) bond motifs is 21. The van der Waals surface area contributed by atoms with Crippen LogP contribution in [0.4, 0.5) is 0 Å². The quantitative estimate of drug-likeness (QED) is 0.154. The first kappa shape index (κ1) is 31.6. The normalized spacial score (nSPS) is 13.4. The third-order valence-electron chi connectivity index (χ3n) is 13.2. The molecule has 0 radical (unpaired) electrons. The van der Waals surface area contributed by atoms with Gasteiger partial charge >= 0.3 is 0 Å². The van der Waals surface area contributed by atoms with E-state index in [1.807, 2.05) is 16.7 Å². The Morgan fingerprint density at radius 1 is 0.293 bits per heavy atom. The second-order valence-electron chi connectivity index (χ2n) is 15.9. The van der Waals surface area contributed by atoms with E-state index in [2.05, 4.69) is 188 Å². The predicted octanol–water partition coefficient (Wildman–Crippen LogP) is 13.5. The fourth-order valence-electron chi connectivity index (χ4n) is 10.9. The molecule has 268 valence electrons. The Hall–Kier alpha value is -7.55. The molecule has 1 spiro atoms. The van der Waals surface area contributed by atoms with E-state index in [0.29, 0.717) is 5.39 Å². The van der Waals surface area contributed by atoms with Gasteiger partial charge in [-0.15, -0.1) is 0 Å². The van der Waals surface area contributed by atoms with Gasteiger partial charge in [-0.05, 0) is 125 Å². The van der Waals surface area contributed by atoms with Crippen LogP contribution >= 0.6 is 0 Å². The number of hydrogen-bond acceptors (Lipinski definition) is 1. The van der Waals surface area contributed by atoms with Crippen molar-refractivity contribution in [2.24, 2.45) is 0 Å². The van der Waals surface area contributed by atoms with Gasteiger partial charge in [0.1, 0.15) is 0 Å². The summed E-state index contributed by atoms with van der Waals surface area (Å²) < 4.78 is 1.99. The molecule has 3 aliphatic rings. The summed E-state index contributed by atoms with van der Waals surface area (Å²) >= 11 is 0. The average molecular weight is 736 g/mol. The molecule has 0 aliphatic heterocycles. The largest absolute Gasteiger partial charge is 0.276 e. The number of pyridine rings is 1. The van der Waals surface area contributed by atoms with Gasteiger partial charge < -0.3 is 0 Å². The highest BCUT2D eigenvalue weighted by Gasteiger charge is 2.51. The Kier molecular flexibility index (Phi) is 6.27. The summed E-state index contributed by atoms with van der Waals surface area (Å²) in [5.41, 5.74) is 20.6. The van der Waals surface area contributed by atoms with Crippen LogP contribution in [0.2, 0.25) is 0 Å². The van der Waals surface area contributed by atoms with Crippen LogP contribution in [-0.4, -0.2) is 4.57 Å². The third-order valence-corrected chi connectivity index (χ3v) is 13.2. The van der Waals surface area contributed by atoms with Gasteiger partial charge in [-0.3, -0.25) is 9.36 Å². The van der Waals surface area contributed by atoms with E-state index in [1.54, 1.807) is 0 Å². The van der Waals surface area contributed by atoms with Crippen molar-refractivity contribution in [3.8, 4) is 72.4 Å². The van der Waals surface area contributed by atoms with Gasteiger partial charge in [-0.2, -0.15) is 0 Å². The van der Waals surface area contributed by atoms with Crippen LogP contribution in [0.15, 0.2) is 205 Å². The van der Waals surface area contributed by atoms with E-state index in [-0.39, 0.29) is 5.56 Å². The molecule has 0 atom stereocenters. The second kappa shape index (κ2) is 11.5. The highest BCUT2D eigenvalue weighted by atomic mass is 16.1. The number of hydrogen-bond donors (Lipinski definition) is 0. The maximum Gasteiger partial charge on any atom is 0.263 e. The first-order valence-corrected chi connectivity index (χ1v) is 20.1. The van der Waals surface area contributed by atoms with Crippen molar-refractivity contribution in [2.75, 3.05) is 0 Å². The van der Waals surface area contributed by atoms with Crippen LogP contribution in [0, 0.1) is 0 Å². The molecule has 1 heterocycles. The molecule has 10 aromatic rings. The zero-order valence-electron chi connectivity index (χ0n) is 31.4. The Bertz CT molecular complexity index is 3440. The summed E-state index contributed by atoms with van der Waals surface area (Å²) in [6.45, 7) is 0. The van der Waals surface area contributed by atoms with Crippen molar-refractivity contribution < 1.29 is 0 Å². The maximum absolute atomic E-state index is 15.2. The molecule has 0 amide bonds. The number of rotatable bonds is 1. The molecule has 58 heavy (non-hydrogen) atoms. The summed E-state index contributed by atoms with van der Waals surface area (Å²) in [6.07, 6.45) is 0. The third kappa shape index (κ3) is 3.94. The van der Waals surface area contributed by atoms with Crippen molar-refractivity contribution in [1.29, 1.82) is 0 Å². The van der Waals surface area contributed by atoms with Crippen LogP contribution in [0.25, 0.3) is 94.1 Å². The molecular formula is C56H33NO. The Labute approximate surface area is 335 Å². The number of aromatic nitrogens is 1. The Balaban J connectivity index is 1.16. The Morgan fingerprint density at radius 3 is 1.21 bits per heavy atom. The molecule has 13 rings (SSSR count). The predicted molar refractivity (Wildman–Crippen MR) is 239 cm³/mol. The van der Waals surface area contributed by atoms with E-state index >= 15 is 4.79 Å². The highest BCUT2D eigenvalue weighted by molar-refractivity contribution is 6.10. The van der Waals surface area contributed by atoms with Crippen LogP contribution in [0.3, 0.4) is 0 Å². The molecule has 0 saturated heterocycles. The minimum absolute atomic E-state index is 0.0235. The topological polar surface area (TPSA) is 22.0 Å². The maximum atomic E-state index is 15.2. The van der Waals surface area contributed by atoms with Crippen molar-refractivity contribution in [3.05, 3.63) is 233 Å². The Morgan fingerprint density at radius 2 is 0.690 bits per heavy atom. The van der Waals surface area contributed by atoms with Gasteiger partial charge in [0.15, 0.2) is 0 Å². The lowest BCUT2D eigenvalue weighted by atomic mass is 9.70. The van der Waals surface area contributed by atoms with Crippen molar-refractivity contribution in [1.82, 2.24) is 4.57 Å². The molecular weight excluding hydrogens is 703 g/mol. The minimum Gasteiger partial charge on any atom is -0.276 e. The summed E-state index contributed by atoms with van der Waals surface area (Å²) in [6, 6.07) is 72.3. The molecule has 2 nitrogen and oxygen atoms in total. The van der Waals surface area contributed by atoms with E-state index in [1.165, 1.54) is 72.3 Å². The lowest BCUT2D eigenvalue weighted by molar-refractivity contribution is 0.794. The number of nitrogens with zero attached hydrogens (tertiary/aromatic N) is 1. The van der Waals surface area contributed by atoms with E-state index in [0.717, 1.165) is 38.7 Å². The van der Waals surface area contributed by atoms with Crippen LogP contribution < -0.4 is 5.56 Å².